The van der Waals surface area contributed by atoms with Crippen LogP contribution in [0.15, 0.2) is 0 Å². The molecule has 0 radical (unpaired) electrons. The first-order chi connectivity index (χ1) is 9.51. The Morgan fingerprint density at radius 3 is 2.55 bits per heavy atom. The van der Waals surface area contributed by atoms with Gasteiger partial charge in [0.1, 0.15) is 5.69 Å². The van der Waals surface area contributed by atoms with Crippen molar-refractivity contribution in [3.05, 3.63) is 15.8 Å². The summed E-state index contributed by atoms with van der Waals surface area (Å²) in [5.74, 6) is 1.81. The van der Waals surface area contributed by atoms with Gasteiger partial charge in [0, 0.05) is 35.4 Å². The molecule has 20 heavy (non-hydrogen) atoms. The zero-order valence-electron chi connectivity index (χ0n) is 11.4. The van der Waals surface area contributed by atoms with Crippen molar-refractivity contribution in [2.24, 2.45) is 0 Å². The van der Waals surface area contributed by atoms with Crippen molar-refractivity contribution in [1.82, 2.24) is 9.97 Å². The molecule has 2 rings (SSSR count). The second-order valence-electron chi connectivity index (χ2n) is 4.60. The largest absolute Gasteiger partial charge is 0.361 e. The second kappa shape index (κ2) is 6.12. The van der Waals surface area contributed by atoms with Crippen LogP contribution in [-0.2, 0) is 10.8 Å². The predicted molar refractivity (Wildman–Crippen MR) is 77.5 cm³/mol. The van der Waals surface area contributed by atoms with Crippen LogP contribution < -0.4 is 10.6 Å². The summed E-state index contributed by atoms with van der Waals surface area (Å²) >= 11 is 0. The Hall–Kier alpha value is -1.77. The molecule has 2 N–H and O–H groups in total. The Bertz CT molecular complexity index is 541. The lowest BCUT2D eigenvalue weighted by atomic mass is 10.1. The average molecular weight is 299 g/mol. The summed E-state index contributed by atoms with van der Waals surface area (Å²) in [6, 6.07) is 0.0606. The number of nitrogens with one attached hydrogen (secondary N) is 2. The smallest absolute Gasteiger partial charge is 0.332 e. The summed E-state index contributed by atoms with van der Waals surface area (Å²) in [7, 11) is 0.898. The van der Waals surface area contributed by atoms with Crippen molar-refractivity contribution in [2.75, 3.05) is 29.2 Å². The summed E-state index contributed by atoms with van der Waals surface area (Å²) in [6.07, 6.45) is 1.45. The third kappa shape index (κ3) is 3.21. The van der Waals surface area contributed by atoms with Crippen molar-refractivity contribution in [3.63, 3.8) is 0 Å². The maximum Gasteiger partial charge on any atom is 0.332 e. The predicted octanol–water partition coefficient (Wildman–Crippen LogP) is 1.06. The lowest BCUT2D eigenvalue weighted by Gasteiger charge is -2.23. The van der Waals surface area contributed by atoms with Gasteiger partial charge in [-0.05, 0) is 19.8 Å². The molecule has 0 aliphatic carbocycles. The lowest BCUT2D eigenvalue weighted by molar-refractivity contribution is -0.385. The quantitative estimate of drug-likeness (QED) is 0.631. The van der Waals surface area contributed by atoms with Gasteiger partial charge in [0.2, 0.25) is 11.8 Å². The van der Waals surface area contributed by atoms with Crippen molar-refractivity contribution in [2.45, 2.75) is 25.8 Å². The average Bonchev–Trinajstić information content (AvgIpc) is 2.40. The van der Waals surface area contributed by atoms with E-state index in [0.29, 0.717) is 23.1 Å². The van der Waals surface area contributed by atoms with Gasteiger partial charge in [-0.3, -0.25) is 14.3 Å². The number of hydrogen-bond acceptors (Lipinski definition) is 7. The van der Waals surface area contributed by atoms with E-state index in [1.807, 2.05) is 0 Å². The maximum atomic E-state index is 11.3. The van der Waals surface area contributed by atoms with Gasteiger partial charge in [-0.15, -0.1) is 0 Å². The molecule has 1 saturated heterocycles. The minimum atomic E-state index is -0.762. The first kappa shape index (κ1) is 14.6. The molecule has 0 spiro atoms. The highest BCUT2D eigenvalue weighted by molar-refractivity contribution is 7.85. The molecule has 1 aromatic rings. The monoisotopic (exact) mass is 299 g/mol. The number of hydrogen-bond donors (Lipinski definition) is 2. The zero-order valence-corrected chi connectivity index (χ0v) is 12.2. The fourth-order valence-corrected chi connectivity index (χ4v) is 3.43. The highest BCUT2D eigenvalue weighted by Crippen LogP contribution is 2.28. The minimum absolute atomic E-state index is 0.0606. The molecular weight excluding hydrogens is 282 g/mol. The lowest BCUT2D eigenvalue weighted by Crippen LogP contribution is -2.30. The van der Waals surface area contributed by atoms with Crippen LogP contribution >= 0.6 is 0 Å². The molecule has 8 nitrogen and oxygen atoms in total. The molecule has 1 aromatic heterocycles. The van der Waals surface area contributed by atoms with Crippen LogP contribution in [0.5, 0.6) is 0 Å². The fraction of sp³-hybridized carbons (Fsp3) is 0.636. The molecule has 0 amide bonds. The molecular formula is C11H17N5O3S. The molecule has 0 aromatic carbocycles. The highest BCUT2D eigenvalue weighted by Gasteiger charge is 2.25. The van der Waals surface area contributed by atoms with Gasteiger partial charge in [0.25, 0.3) is 0 Å². The molecule has 0 saturated carbocycles. The molecule has 1 aliphatic heterocycles. The standard InChI is InChI=1S/C11H17N5O3S/c1-7-9(16(17)18)10(15-11(12-2)13-7)14-8-3-5-20(19)6-4-8/h8H,3-6H2,1-2H3,(H2,12,13,14,15). The Kier molecular flexibility index (Phi) is 4.48. The van der Waals surface area contributed by atoms with Gasteiger partial charge in [0.15, 0.2) is 0 Å². The van der Waals surface area contributed by atoms with E-state index in [-0.39, 0.29) is 17.5 Å². The molecule has 110 valence electrons. The summed E-state index contributed by atoms with van der Waals surface area (Å²) in [4.78, 5) is 18.8. The van der Waals surface area contributed by atoms with Gasteiger partial charge in [0.05, 0.1) is 4.92 Å². The van der Waals surface area contributed by atoms with Crippen LogP contribution in [0.1, 0.15) is 18.5 Å². The second-order valence-corrected chi connectivity index (χ2v) is 6.30. The summed E-state index contributed by atoms with van der Waals surface area (Å²) in [5, 5.41) is 17.0. The fourth-order valence-electron chi connectivity index (χ4n) is 2.13. The maximum absolute atomic E-state index is 11.3. The van der Waals surface area contributed by atoms with E-state index in [1.54, 1.807) is 14.0 Å². The third-order valence-electron chi connectivity index (χ3n) is 3.19. The normalized spacial score (nSPS) is 22.3. The summed E-state index contributed by atoms with van der Waals surface area (Å²) in [5.41, 5.74) is 0.215. The van der Waals surface area contributed by atoms with Crippen LogP contribution in [0, 0.1) is 17.0 Å². The van der Waals surface area contributed by atoms with E-state index in [2.05, 4.69) is 20.6 Å². The Balaban J connectivity index is 2.26. The minimum Gasteiger partial charge on any atom is -0.361 e. The van der Waals surface area contributed by atoms with Crippen LogP contribution in [0.25, 0.3) is 0 Å². The Morgan fingerprint density at radius 1 is 1.35 bits per heavy atom. The number of nitro groups is 1. The molecule has 9 heteroatoms. The van der Waals surface area contributed by atoms with Crippen molar-refractivity contribution in [3.8, 4) is 0 Å². The molecule has 2 heterocycles. The molecule has 0 atom stereocenters. The van der Waals surface area contributed by atoms with Crippen LogP contribution in [0.3, 0.4) is 0 Å². The van der Waals surface area contributed by atoms with Gasteiger partial charge < -0.3 is 10.6 Å². The Labute approximate surface area is 119 Å². The van der Waals surface area contributed by atoms with Crippen molar-refractivity contribution < 1.29 is 9.13 Å². The topological polar surface area (TPSA) is 110 Å². The van der Waals surface area contributed by atoms with Gasteiger partial charge in [-0.1, -0.05) is 0 Å². The van der Waals surface area contributed by atoms with Gasteiger partial charge in [-0.25, -0.2) is 4.98 Å². The van der Waals surface area contributed by atoms with Gasteiger partial charge in [-0.2, -0.15) is 4.98 Å². The first-order valence-corrected chi connectivity index (χ1v) is 7.82. The van der Waals surface area contributed by atoms with E-state index in [4.69, 9.17) is 0 Å². The van der Waals surface area contributed by atoms with Gasteiger partial charge >= 0.3 is 5.69 Å². The number of aryl methyl sites for hydroxylation is 1. The molecule has 1 fully saturated rings. The summed E-state index contributed by atoms with van der Waals surface area (Å²) in [6.45, 7) is 1.59. The first-order valence-electron chi connectivity index (χ1n) is 6.33. The molecule has 0 unspecified atom stereocenters. The van der Waals surface area contributed by atoms with Crippen molar-refractivity contribution >= 4 is 28.3 Å². The number of rotatable bonds is 4. The van der Waals surface area contributed by atoms with E-state index in [0.717, 1.165) is 12.8 Å². The highest BCUT2D eigenvalue weighted by atomic mass is 32.2. The SMILES string of the molecule is CNc1nc(C)c([N+](=O)[O-])c(NC2CCS(=O)CC2)n1. The van der Waals surface area contributed by atoms with E-state index < -0.39 is 15.7 Å². The van der Waals surface area contributed by atoms with E-state index in [9.17, 15) is 14.3 Å². The Morgan fingerprint density at radius 2 is 2.00 bits per heavy atom. The molecule has 0 bridgehead atoms. The van der Waals surface area contributed by atoms with E-state index in [1.165, 1.54) is 0 Å². The van der Waals surface area contributed by atoms with Crippen molar-refractivity contribution in [1.29, 1.82) is 0 Å². The van der Waals surface area contributed by atoms with E-state index >= 15 is 0 Å². The number of anilines is 2. The zero-order chi connectivity index (χ0) is 14.7. The number of nitrogens with zero attached hydrogens (tertiary/aromatic N) is 3. The van der Waals surface area contributed by atoms with Crippen LogP contribution in [0.4, 0.5) is 17.5 Å². The van der Waals surface area contributed by atoms with Crippen LogP contribution in [-0.4, -0.2) is 43.7 Å². The molecule has 1 aliphatic rings. The van der Waals surface area contributed by atoms with Crippen LogP contribution in [0.2, 0.25) is 0 Å². The number of aromatic nitrogens is 2. The third-order valence-corrected chi connectivity index (χ3v) is 4.58. The summed E-state index contributed by atoms with van der Waals surface area (Å²) < 4.78 is 11.3.